The van der Waals surface area contributed by atoms with Crippen LogP contribution in [-0.2, 0) is 20.9 Å². The van der Waals surface area contributed by atoms with E-state index in [-0.39, 0.29) is 12.5 Å². The molecule has 19 heavy (non-hydrogen) atoms. The van der Waals surface area contributed by atoms with Gasteiger partial charge in [-0.1, -0.05) is 37.3 Å². The molecular formula is C14H20NO3P. The third-order valence-corrected chi connectivity index (χ3v) is 3.47. The average Bonchev–Trinajstić information content (AvgIpc) is 2.44. The second-order valence-corrected chi connectivity index (χ2v) is 4.88. The summed E-state index contributed by atoms with van der Waals surface area (Å²) in [6.45, 7) is 3.81. The largest absolute Gasteiger partial charge is 0.459 e. The lowest BCUT2D eigenvalue weighted by molar-refractivity contribution is -0.151. The number of hydrogen-bond acceptors (Lipinski definition) is 3. The van der Waals surface area contributed by atoms with Gasteiger partial charge in [-0.15, -0.1) is 0 Å². The van der Waals surface area contributed by atoms with Crippen LogP contribution in [0.15, 0.2) is 30.3 Å². The molecule has 1 amide bonds. The number of ether oxygens (including phenoxy) is 1. The highest BCUT2D eigenvalue weighted by Crippen LogP contribution is 2.12. The van der Waals surface area contributed by atoms with Crippen LogP contribution >= 0.6 is 9.39 Å². The van der Waals surface area contributed by atoms with Gasteiger partial charge in [0, 0.05) is 6.42 Å². The standard InChI is InChI=1S/C14H20NO3P/c1-3-7-13(16)15(19)11(2)14(17)18-10-12-8-5-4-6-9-12/h4-6,8-9,11H,3,7,10,19H2,1-2H3. The minimum Gasteiger partial charge on any atom is -0.459 e. The molecule has 1 aromatic carbocycles. The van der Waals surface area contributed by atoms with Gasteiger partial charge >= 0.3 is 5.97 Å². The van der Waals surface area contributed by atoms with E-state index in [0.29, 0.717) is 6.42 Å². The molecule has 0 radical (unpaired) electrons. The van der Waals surface area contributed by atoms with Gasteiger partial charge in [0.1, 0.15) is 12.6 Å². The van der Waals surface area contributed by atoms with Crippen LogP contribution in [0.2, 0.25) is 0 Å². The normalized spacial score (nSPS) is 11.7. The minimum atomic E-state index is -0.590. The molecule has 2 unspecified atom stereocenters. The van der Waals surface area contributed by atoms with E-state index in [1.807, 2.05) is 37.3 Å². The Labute approximate surface area is 116 Å². The molecule has 0 N–H and O–H groups in total. The molecule has 0 aliphatic heterocycles. The number of rotatable bonds is 6. The van der Waals surface area contributed by atoms with Crippen molar-refractivity contribution in [3.63, 3.8) is 0 Å². The fourth-order valence-corrected chi connectivity index (χ4v) is 1.77. The maximum Gasteiger partial charge on any atom is 0.329 e. The van der Waals surface area contributed by atoms with Crippen LogP contribution < -0.4 is 0 Å². The topological polar surface area (TPSA) is 46.6 Å². The van der Waals surface area contributed by atoms with Gasteiger partial charge in [-0.2, -0.15) is 0 Å². The van der Waals surface area contributed by atoms with Gasteiger partial charge in [0.25, 0.3) is 0 Å². The smallest absolute Gasteiger partial charge is 0.329 e. The average molecular weight is 281 g/mol. The molecule has 1 rings (SSSR count). The van der Waals surface area contributed by atoms with Crippen molar-refractivity contribution >= 4 is 21.3 Å². The van der Waals surface area contributed by atoms with E-state index >= 15 is 0 Å². The van der Waals surface area contributed by atoms with E-state index in [1.165, 1.54) is 4.67 Å². The molecule has 0 aliphatic rings. The summed E-state index contributed by atoms with van der Waals surface area (Å²) in [4.78, 5) is 23.5. The van der Waals surface area contributed by atoms with Crippen LogP contribution in [0.1, 0.15) is 32.3 Å². The summed E-state index contributed by atoms with van der Waals surface area (Å²) in [5.41, 5.74) is 0.929. The van der Waals surface area contributed by atoms with Crippen LogP contribution in [0.5, 0.6) is 0 Å². The summed E-state index contributed by atoms with van der Waals surface area (Å²) in [5, 5.41) is 0. The Morgan fingerprint density at radius 1 is 1.32 bits per heavy atom. The van der Waals surface area contributed by atoms with E-state index in [4.69, 9.17) is 4.74 Å². The fraction of sp³-hybridized carbons (Fsp3) is 0.429. The van der Waals surface area contributed by atoms with Gasteiger partial charge in [-0.05, 0) is 28.3 Å². The van der Waals surface area contributed by atoms with Crippen LogP contribution in [0.4, 0.5) is 0 Å². The van der Waals surface area contributed by atoms with Crippen molar-refractivity contribution in [1.82, 2.24) is 4.67 Å². The van der Waals surface area contributed by atoms with Gasteiger partial charge in [-0.25, -0.2) is 4.79 Å². The second-order valence-electron chi connectivity index (χ2n) is 4.32. The van der Waals surface area contributed by atoms with Crippen molar-refractivity contribution in [3.05, 3.63) is 35.9 Å². The minimum absolute atomic E-state index is 0.0725. The Kier molecular flexibility index (Phi) is 6.51. The van der Waals surface area contributed by atoms with E-state index in [1.54, 1.807) is 6.92 Å². The van der Waals surface area contributed by atoms with Crippen LogP contribution in [-0.4, -0.2) is 22.6 Å². The molecule has 0 aliphatic carbocycles. The lowest BCUT2D eigenvalue weighted by atomic mass is 10.2. The predicted molar refractivity (Wildman–Crippen MR) is 77.2 cm³/mol. The zero-order valence-corrected chi connectivity index (χ0v) is 12.5. The first-order valence-corrected chi connectivity index (χ1v) is 6.85. The molecule has 2 atom stereocenters. The molecular weight excluding hydrogens is 261 g/mol. The first-order chi connectivity index (χ1) is 9.06. The maximum atomic E-state index is 11.8. The van der Waals surface area contributed by atoms with Gasteiger partial charge < -0.3 is 9.41 Å². The second kappa shape index (κ2) is 7.90. The molecule has 1 aromatic rings. The van der Waals surface area contributed by atoms with Crippen molar-refractivity contribution in [3.8, 4) is 0 Å². The van der Waals surface area contributed by atoms with Crippen molar-refractivity contribution < 1.29 is 14.3 Å². The van der Waals surface area contributed by atoms with Gasteiger partial charge in [0.05, 0.1) is 0 Å². The van der Waals surface area contributed by atoms with Crippen molar-refractivity contribution in [2.24, 2.45) is 0 Å². The first kappa shape index (κ1) is 15.6. The number of benzene rings is 1. The number of carbonyl (C=O) groups excluding carboxylic acids is 2. The summed E-state index contributed by atoms with van der Waals surface area (Å²) >= 11 is 0. The van der Waals surface area contributed by atoms with Crippen LogP contribution in [0.3, 0.4) is 0 Å². The number of carbonyl (C=O) groups is 2. The third-order valence-electron chi connectivity index (χ3n) is 2.73. The fourth-order valence-electron chi connectivity index (χ4n) is 1.52. The Hall–Kier alpha value is -1.41. The van der Waals surface area contributed by atoms with E-state index in [9.17, 15) is 9.59 Å². The predicted octanol–water partition coefficient (Wildman–Crippen LogP) is 2.54. The summed E-state index contributed by atoms with van der Waals surface area (Å²) in [5.74, 6) is -0.472. The SMILES string of the molecule is CCCC(=O)N(P)C(C)C(=O)OCc1ccccc1. The van der Waals surface area contributed by atoms with Gasteiger partial charge in [0.15, 0.2) is 0 Å². The number of esters is 1. The molecule has 0 aromatic heterocycles. The Balaban J connectivity index is 2.46. The summed E-state index contributed by atoms with van der Waals surface area (Å²) in [6.07, 6.45) is 1.19. The Morgan fingerprint density at radius 2 is 1.95 bits per heavy atom. The molecule has 5 heteroatoms. The summed E-state index contributed by atoms with van der Waals surface area (Å²) in [7, 11) is 2.29. The first-order valence-electron chi connectivity index (χ1n) is 6.33. The maximum absolute atomic E-state index is 11.8. The Morgan fingerprint density at radius 3 is 2.53 bits per heavy atom. The van der Waals surface area contributed by atoms with Crippen molar-refractivity contribution in [2.45, 2.75) is 39.3 Å². The number of nitrogens with zero attached hydrogens (tertiary/aromatic N) is 1. The van der Waals surface area contributed by atoms with E-state index < -0.39 is 12.0 Å². The van der Waals surface area contributed by atoms with E-state index in [2.05, 4.69) is 9.39 Å². The molecule has 0 saturated heterocycles. The van der Waals surface area contributed by atoms with E-state index in [0.717, 1.165) is 12.0 Å². The highest BCUT2D eigenvalue weighted by atomic mass is 31.0. The third kappa shape index (κ3) is 4.99. The zero-order valence-electron chi connectivity index (χ0n) is 11.3. The molecule has 0 saturated carbocycles. The highest BCUT2D eigenvalue weighted by molar-refractivity contribution is 7.14. The molecule has 0 bridgehead atoms. The molecule has 0 spiro atoms. The molecule has 0 heterocycles. The van der Waals surface area contributed by atoms with Crippen molar-refractivity contribution in [1.29, 1.82) is 0 Å². The van der Waals surface area contributed by atoms with Gasteiger partial charge in [0.2, 0.25) is 5.91 Å². The quantitative estimate of drug-likeness (QED) is 0.594. The molecule has 4 nitrogen and oxygen atoms in total. The monoisotopic (exact) mass is 281 g/mol. The van der Waals surface area contributed by atoms with Gasteiger partial charge in [-0.3, -0.25) is 4.79 Å². The van der Waals surface area contributed by atoms with Crippen LogP contribution in [0, 0.1) is 0 Å². The Bertz CT molecular complexity index is 422. The molecule has 0 fully saturated rings. The number of hydrogen-bond donors (Lipinski definition) is 0. The summed E-state index contributed by atoms with van der Waals surface area (Å²) < 4.78 is 6.55. The number of amides is 1. The lowest BCUT2D eigenvalue weighted by Crippen LogP contribution is -2.37. The highest BCUT2D eigenvalue weighted by Gasteiger charge is 2.23. The van der Waals surface area contributed by atoms with Crippen LogP contribution in [0.25, 0.3) is 0 Å². The lowest BCUT2D eigenvalue weighted by Gasteiger charge is -2.22. The molecule has 104 valence electrons. The van der Waals surface area contributed by atoms with Crippen molar-refractivity contribution in [2.75, 3.05) is 0 Å². The zero-order chi connectivity index (χ0) is 14.3. The summed E-state index contributed by atoms with van der Waals surface area (Å²) in [6, 6.07) is 8.87.